The summed E-state index contributed by atoms with van der Waals surface area (Å²) in [6.45, 7) is 8.64. The van der Waals surface area contributed by atoms with Crippen LogP contribution in [0.2, 0.25) is 0 Å². The summed E-state index contributed by atoms with van der Waals surface area (Å²) >= 11 is 5.45. The molecule has 0 saturated heterocycles. The number of carboxylic acid groups (broad SMARTS) is 1. The van der Waals surface area contributed by atoms with Gasteiger partial charge in [0.2, 0.25) is 9.23 Å². The van der Waals surface area contributed by atoms with Crippen molar-refractivity contribution in [2.45, 2.75) is 68.3 Å². The van der Waals surface area contributed by atoms with Crippen molar-refractivity contribution in [3.63, 3.8) is 0 Å². The maximum atomic E-state index is 12.4. The summed E-state index contributed by atoms with van der Waals surface area (Å²) in [6, 6.07) is 58.6. The van der Waals surface area contributed by atoms with Crippen LogP contribution in [0.1, 0.15) is 81.1 Å². The molecule has 8 aromatic carbocycles. The van der Waals surface area contributed by atoms with E-state index in [9.17, 15) is 31.2 Å². The molecule has 0 radical (unpaired) electrons. The molecule has 3 aliphatic rings. The quantitative estimate of drug-likeness (QED) is 0.0434. The number of rotatable bonds is 12. The molecule has 8 aromatic rings. The predicted octanol–water partition coefficient (Wildman–Crippen LogP) is 12.7. The first-order valence-electron chi connectivity index (χ1n) is 26.6. The summed E-state index contributed by atoms with van der Waals surface area (Å²) in [7, 11) is -0.968. The van der Waals surface area contributed by atoms with Gasteiger partial charge in [-0.15, -0.1) is 24.8 Å². The molecule has 6 N–H and O–H groups in total. The van der Waals surface area contributed by atoms with E-state index < -0.39 is 40.7 Å². The van der Waals surface area contributed by atoms with Crippen molar-refractivity contribution < 1.29 is 49.6 Å². The number of halogens is 5. The molecule has 460 valence electrons. The molecule has 11 rings (SSSR count). The number of anilines is 2. The molecule has 0 unspecified atom stereocenters. The van der Waals surface area contributed by atoms with Crippen LogP contribution >= 0.6 is 57.8 Å². The van der Waals surface area contributed by atoms with E-state index in [0.717, 1.165) is 89.3 Å². The van der Waals surface area contributed by atoms with Crippen LogP contribution in [-0.4, -0.2) is 86.7 Å². The fourth-order valence-electron chi connectivity index (χ4n) is 9.65. The third-order valence-corrected chi connectivity index (χ3v) is 16.0. The van der Waals surface area contributed by atoms with Crippen LogP contribution in [0.5, 0.6) is 0 Å². The van der Waals surface area contributed by atoms with Crippen LogP contribution in [0.4, 0.5) is 11.4 Å². The number of hydrogen-bond acceptors (Lipinski definition) is 12. The van der Waals surface area contributed by atoms with Crippen molar-refractivity contribution in [3.8, 4) is 0 Å². The lowest BCUT2D eigenvalue weighted by molar-refractivity contribution is 0.0696. The second kappa shape index (κ2) is 34.3. The van der Waals surface area contributed by atoms with Crippen molar-refractivity contribution in [2.24, 2.45) is 0 Å². The minimum Gasteiger partial charge on any atom is -0.478 e. The minimum atomic E-state index is -4.25. The molecule has 1 amide bonds. The first-order chi connectivity index (χ1) is 40.6. The van der Waals surface area contributed by atoms with Gasteiger partial charge >= 0.3 is 5.97 Å². The Bertz CT molecular complexity index is 3700. The normalized spacial score (nSPS) is 13.5. The van der Waals surface area contributed by atoms with Crippen molar-refractivity contribution >= 4 is 116 Å². The molecule has 0 aliphatic carbocycles. The summed E-state index contributed by atoms with van der Waals surface area (Å²) in [5.41, 5.74) is 19.7. The summed E-state index contributed by atoms with van der Waals surface area (Å²) in [4.78, 5) is 41.2. The highest BCUT2D eigenvalue weighted by Gasteiger charge is 2.19. The lowest BCUT2D eigenvalue weighted by Crippen LogP contribution is -2.29. The number of nitrogens with zero attached hydrogens (tertiary/aromatic N) is 3. The predicted molar refractivity (Wildman–Crippen MR) is 348 cm³/mol. The van der Waals surface area contributed by atoms with Crippen molar-refractivity contribution in [1.29, 1.82) is 0 Å². The third kappa shape index (κ3) is 23.2. The van der Waals surface area contributed by atoms with Crippen LogP contribution in [-0.2, 0) is 88.0 Å². The summed E-state index contributed by atoms with van der Waals surface area (Å²) in [5, 5.41) is 11.2. The monoisotopic (exact) mass is 1340 g/mol. The van der Waals surface area contributed by atoms with E-state index >= 15 is 0 Å². The molecule has 3 aliphatic heterocycles. The number of carbonyl (C=O) groups is 3. The van der Waals surface area contributed by atoms with Gasteiger partial charge in [-0.1, -0.05) is 109 Å². The molecular weight excluding hydrogens is 1280 g/mol. The van der Waals surface area contributed by atoms with E-state index in [4.69, 9.17) is 35.8 Å². The summed E-state index contributed by atoms with van der Waals surface area (Å²) < 4.78 is 69.7. The van der Waals surface area contributed by atoms with Gasteiger partial charge in [-0.25, -0.2) is 9.00 Å². The molecule has 0 spiro atoms. The number of carboxylic acids is 1. The van der Waals surface area contributed by atoms with E-state index in [1.165, 1.54) is 87.5 Å². The average Bonchev–Trinajstić information content (AvgIpc) is 3.37. The van der Waals surface area contributed by atoms with Crippen LogP contribution < -0.4 is 11.1 Å². The highest BCUT2D eigenvalue weighted by molar-refractivity contribution is 8.26. The van der Waals surface area contributed by atoms with Gasteiger partial charge in [0.05, 0.1) is 15.4 Å². The Morgan fingerprint density at radius 1 is 0.471 bits per heavy atom. The topological polar surface area (TPSA) is 245 Å². The lowest BCUT2D eigenvalue weighted by Gasteiger charge is -2.28. The number of amides is 1. The Hall–Kier alpha value is -6.53. The van der Waals surface area contributed by atoms with Crippen LogP contribution in [0.25, 0.3) is 0 Å². The first-order valence-corrected chi connectivity index (χ1v) is 32.7. The van der Waals surface area contributed by atoms with Gasteiger partial charge in [-0.2, -0.15) is 16.8 Å². The Kier molecular flexibility index (Phi) is 28.1. The number of nitrogen functional groups attached to an aromatic ring is 1. The second-order valence-corrected chi connectivity index (χ2v) is 25.8. The van der Waals surface area contributed by atoms with E-state index in [-0.39, 0.29) is 40.5 Å². The Balaban J connectivity index is 0.000000215. The molecule has 16 nitrogen and oxygen atoms in total. The van der Waals surface area contributed by atoms with E-state index in [0.29, 0.717) is 28.1 Å². The van der Waals surface area contributed by atoms with Crippen LogP contribution in [0.3, 0.4) is 0 Å². The van der Waals surface area contributed by atoms with Crippen molar-refractivity contribution in [3.05, 3.63) is 261 Å². The number of benzene rings is 8. The zero-order chi connectivity index (χ0) is 61.1. The second-order valence-electron chi connectivity index (χ2n) is 20.0. The van der Waals surface area contributed by atoms with E-state index in [1.807, 2.05) is 36.4 Å². The van der Waals surface area contributed by atoms with Gasteiger partial charge in [0.15, 0.2) is 0 Å². The Morgan fingerprint density at radius 2 is 0.770 bits per heavy atom. The molecule has 0 bridgehead atoms. The van der Waals surface area contributed by atoms with E-state index in [1.54, 1.807) is 36.4 Å². The maximum Gasteiger partial charge on any atom is 0.335 e. The number of aromatic carboxylic acids is 1. The molecular formula is C63H64Cl5N5O11S3. The number of fused-ring (bicyclic) bond motifs is 3. The number of carbonyl (C=O) groups excluding carboxylic acids is 2. The minimum absolute atomic E-state index is 0. The van der Waals surface area contributed by atoms with Gasteiger partial charge in [0.1, 0.15) is 0 Å². The SMILES string of the molecule is Cl.Cl.Nc1ccc(S(=O)(=O)O)cc1.O=C(Cl)c1ccc(CN2CCc3ccccc3C2)cc1.O=C(Nc1ccc(S(=O)(=O)O)cc1)c1ccc(CN2CCc3ccccc3C2)cc1.O=C(O)c1ccc(CN2CCc3ccccc3C2)cc1.O=S(Cl)Cl. The van der Waals surface area contributed by atoms with E-state index in [2.05, 4.69) is 114 Å². The number of nitrogens with one attached hydrogen (secondary N) is 1. The number of hydrogen-bond donors (Lipinski definition) is 5. The van der Waals surface area contributed by atoms with Crippen LogP contribution in [0.15, 0.2) is 204 Å². The van der Waals surface area contributed by atoms with Gasteiger partial charge in [0.25, 0.3) is 31.4 Å². The standard InChI is InChI=1S/C23H22N2O4S.C17H16ClNO.C17H17NO2.C6H7NO3S.Cl2OS.2ClH/c26-23(24-21-9-11-22(12-10-21)30(27,28)29)19-7-5-17(6-8-19)15-25-14-13-18-3-1-2-4-20(18)16-25;18-17(20)15-7-5-13(6-8-15)11-19-10-9-14-3-1-2-4-16(14)12-19;19-17(20)15-7-5-13(6-8-15)11-18-10-9-14-3-1-2-4-16(14)12-18;7-5-1-3-6(4-2-5)11(8,9)10;1-4(2)3;;/h1-12H,13-16H2,(H,24,26)(H,27,28,29);1-8H,9-12H2;1-8H,9-12H2,(H,19,20);1-4H,7H2,(H,8,9,10);;2*1H. The molecule has 0 saturated carbocycles. The Labute approximate surface area is 536 Å². The molecule has 87 heavy (non-hydrogen) atoms. The third-order valence-electron chi connectivity index (χ3n) is 14.0. The molecule has 0 fully saturated rings. The lowest BCUT2D eigenvalue weighted by atomic mass is 9.99. The molecule has 3 heterocycles. The Morgan fingerprint density at radius 3 is 1.08 bits per heavy atom. The van der Waals surface area contributed by atoms with Crippen LogP contribution in [0, 0.1) is 0 Å². The largest absolute Gasteiger partial charge is 0.478 e. The first kappa shape index (κ1) is 71.2. The summed E-state index contributed by atoms with van der Waals surface area (Å²) in [5.74, 6) is -1.16. The number of nitrogens with two attached hydrogens (primary N) is 1. The molecule has 0 atom stereocenters. The van der Waals surface area contributed by atoms with Gasteiger partial charge in [-0.05, 0) is 166 Å². The smallest absolute Gasteiger partial charge is 0.335 e. The fraction of sp³-hybridized carbons (Fsp3) is 0.190. The molecule has 24 heteroatoms. The maximum absolute atomic E-state index is 12.4. The highest BCUT2D eigenvalue weighted by Crippen LogP contribution is 2.24. The van der Waals surface area contributed by atoms with Gasteiger partial charge < -0.3 is 16.2 Å². The van der Waals surface area contributed by atoms with Gasteiger partial charge in [0, 0.05) is 103 Å². The van der Waals surface area contributed by atoms with Gasteiger partial charge in [-0.3, -0.25) is 33.4 Å². The highest BCUT2D eigenvalue weighted by atomic mass is 36.0. The van der Waals surface area contributed by atoms with Crippen molar-refractivity contribution in [1.82, 2.24) is 14.7 Å². The zero-order valence-electron chi connectivity index (χ0n) is 46.7. The fourth-order valence-corrected chi connectivity index (χ4v) is 10.7. The molecule has 0 aromatic heterocycles. The van der Waals surface area contributed by atoms with Crippen molar-refractivity contribution in [2.75, 3.05) is 30.7 Å². The zero-order valence-corrected chi connectivity index (χ0v) is 53.0. The summed E-state index contributed by atoms with van der Waals surface area (Å²) in [6.07, 6.45) is 3.24. The average molecular weight is 1340 g/mol.